The van der Waals surface area contributed by atoms with Crippen molar-refractivity contribution in [1.29, 1.82) is 0 Å². The highest BCUT2D eigenvalue weighted by Gasteiger charge is 2.43. The summed E-state index contributed by atoms with van der Waals surface area (Å²) in [5.74, 6) is -0.881. The van der Waals surface area contributed by atoms with Gasteiger partial charge in [0.2, 0.25) is 0 Å². The van der Waals surface area contributed by atoms with Crippen molar-refractivity contribution in [3.05, 3.63) is 0 Å². The van der Waals surface area contributed by atoms with E-state index in [1.54, 1.807) is 0 Å². The minimum absolute atomic E-state index is 0.00355. The Balaban J connectivity index is 2.77. The van der Waals surface area contributed by atoms with Crippen molar-refractivity contribution in [3.63, 3.8) is 0 Å². The first kappa shape index (κ1) is 15.9. The highest BCUT2D eigenvalue weighted by atomic mass is 16.6. The van der Waals surface area contributed by atoms with E-state index in [1.807, 2.05) is 0 Å². The number of hydrogen-bond donors (Lipinski definition) is 0. The average Bonchev–Trinajstić information content (AvgIpc) is 2.35. The van der Waals surface area contributed by atoms with Gasteiger partial charge in [-0.3, -0.25) is 9.59 Å². The van der Waals surface area contributed by atoms with Gasteiger partial charge in [-0.15, -0.1) is 0 Å². The highest BCUT2D eigenvalue weighted by molar-refractivity contribution is 5.66. The molecule has 1 rings (SSSR count). The van der Waals surface area contributed by atoms with Crippen LogP contribution in [0.15, 0.2) is 0 Å². The van der Waals surface area contributed by atoms with Gasteiger partial charge in [-0.25, -0.2) is 0 Å². The Bertz CT molecular complexity index is 317. The van der Waals surface area contributed by atoms with Crippen LogP contribution in [0.5, 0.6) is 0 Å². The molecule has 19 heavy (non-hydrogen) atoms. The third kappa shape index (κ3) is 4.45. The van der Waals surface area contributed by atoms with E-state index < -0.39 is 30.3 Å². The van der Waals surface area contributed by atoms with E-state index in [0.29, 0.717) is 0 Å². The predicted molar refractivity (Wildman–Crippen MR) is 63.5 cm³/mol. The topological polar surface area (TPSA) is 80.3 Å². The van der Waals surface area contributed by atoms with E-state index in [-0.39, 0.29) is 19.3 Å². The van der Waals surface area contributed by atoms with Gasteiger partial charge in [-0.1, -0.05) is 0 Å². The van der Waals surface area contributed by atoms with Crippen molar-refractivity contribution in [2.75, 3.05) is 27.4 Å². The number of esters is 2. The van der Waals surface area contributed by atoms with Crippen LogP contribution in [-0.2, 0) is 33.3 Å². The van der Waals surface area contributed by atoms with Crippen molar-refractivity contribution in [1.82, 2.24) is 0 Å². The molecule has 0 aromatic carbocycles. The number of ether oxygens (including phenoxy) is 5. The number of carbonyl (C=O) groups excluding carboxylic acids is 2. The molecular formula is C12H20O7. The van der Waals surface area contributed by atoms with Gasteiger partial charge in [-0.05, 0) is 0 Å². The molecule has 0 aromatic heterocycles. The lowest BCUT2D eigenvalue weighted by Gasteiger charge is -2.40. The van der Waals surface area contributed by atoms with Crippen molar-refractivity contribution in [3.8, 4) is 0 Å². The van der Waals surface area contributed by atoms with E-state index >= 15 is 0 Å². The second kappa shape index (κ2) is 7.42. The minimum atomic E-state index is -0.680. The van der Waals surface area contributed by atoms with Crippen molar-refractivity contribution < 1.29 is 33.3 Å². The van der Waals surface area contributed by atoms with Crippen LogP contribution in [0.3, 0.4) is 0 Å². The number of rotatable bonds is 5. The Hall–Kier alpha value is -1.18. The summed E-state index contributed by atoms with van der Waals surface area (Å²) in [4.78, 5) is 22.0. The lowest BCUT2D eigenvalue weighted by molar-refractivity contribution is -0.225. The SMILES string of the molecule is CO[C@@H]1[C@@H](OC(C)=O)[C@H](COC(C)=O)OC[C@H]1OC. The van der Waals surface area contributed by atoms with Gasteiger partial charge in [0.05, 0.1) is 6.61 Å². The first-order valence-corrected chi connectivity index (χ1v) is 5.97. The van der Waals surface area contributed by atoms with Gasteiger partial charge in [0.25, 0.3) is 0 Å². The van der Waals surface area contributed by atoms with Crippen LogP contribution in [0.4, 0.5) is 0 Å². The quantitative estimate of drug-likeness (QED) is 0.649. The van der Waals surface area contributed by atoms with Crippen LogP contribution in [0.2, 0.25) is 0 Å². The maximum atomic E-state index is 11.2. The molecule has 0 bridgehead atoms. The molecule has 1 saturated heterocycles. The van der Waals surface area contributed by atoms with Crippen molar-refractivity contribution >= 4 is 11.9 Å². The highest BCUT2D eigenvalue weighted by Crippen LogP contribution is 2.23. The monoisotopic (exact) mass is 276 g/mol. The fraction of sp³-hybridized carbons (Fsp3) is 0.833. The molecule has 7 heteroatoms. The third-order valence-electron chi connectivity index (χ3n) is 2.86. The third-order valence-corrected chi connectivity index (χ3v) is 2.86. The predicted octanol–water partition coefficient (Wildman–Crippen LogP) is -0.0900. The second-order valence-electron chi connectivity index (χ2n) is 4.22. The summed E-state index contributed by atoms with van der Waals surface area (Å²) in [5, 5.41) is 0. The van der Waals surface area contributed by atoms with Gasteiger partial charge >= 0.3 is 11.9 Å². The molecular weight excluding hydrogens is 256 g/mol. The first-order valence-electron chi connectivity index (χ1n) is 5.97. The van der Waals surface area contributed by atoms with Crippen LogP contribution >= 0.6 is 0 Å². The van der Waals surface area contributed by atoms with Crippen molar-refractivity contribution in [2.24, 2.45) is 0 Å². The first-order chi connectivity index (χ1) is 8.99. The Morgan fingerprint density at radius 3 is 2.26 bits per heavy atom. The maximum absolute atomic E-state index is 11.2. The molecule has 0 unspecified atom stereocenters. The molecule has 0 amide bonds. The molecule has 0 saturated carbocycles. The minimum Gasteiger partial charge on any atom is -0.463 e. The van der Waals surface area contributed by atoms with Crippen molar-refractivity contribution in [2.45, 2.75) is 38.3 Å². The largest absolute Gasteiger partial charge is 0.463 e. The average molecular weight is 276 g/mol. The fourth-order valence-corrected chi connectivity index (χ4v) is 2.00. The van der Waals surface area contributed by atoms with Crippen LogP contribution < -0.4 is 0 Å². The maximum Gasteiger partial charge on any atom is 0.303 e. The summed E-state index contributed by atoms with van der Waals surface area (Å²) in [6, 6.07) is 0. The van der Waals surface area contributed by atoms with Crippen LogP contribution in [0, 0.1) is 0 Å². The lowest BCUT2D eigenvalue weighted by Crippen LogP contribution is -2.57. The Labute approximate surface area is 112 Å². The van der Waals surface area contributed by atoms with Crippen LogP contribution in [-0.4, -0.2) is 63.8 Å². The van der Waals surface area contributed by atoms with E-state index in [2.05, 4.69) is 0 Å². The van der Waals surface area contributed by atoms with Gasteiger partial charge in [0, 0.05) is 28.1 Å². The number of carbonyl (C=O) groups is 2. The second-order valence-corrected chi connectivity index (χ2v) is 4.22. The molecule has 0 N–H and O–H groups in total. The summed E-state index contributed by atoms with van der Waals surface area (Å²) in [6.07, 6.45) is -2.06. The van der Waals surface area contributed by atoms with E-state index in [1.165, 1.54) is 28.1 Å². The number of hydrogen-bond acceptors (Lipinski definition) is 7. The standard InChI is InChI=1S/C12H20O7/c1-7(13)17-6-10-12(19-8(2)14)11(16-4)9(15-3)5-18-10/h9-12H,5-6H2,1-4H3/t9-,10+,11+,12+/m1/s1. The van der Waals surface area contributed by atoms with Crippen LogP contribution in [0.25, 0.3) is 0 Å². The van der Waals surface area contributed by atoms with Gasteiger partial charge < -0.3 is 23.7 Å². The lowest BCUT2D eigenvalue weighted by atomic mass is 10.00. The molecule has 0 radical (unpaired) electrons. The zero-order valence-corrected chi connectivity index (χ0v) is 11.6. The Morgan fingerprint density at radius 1 is 1.11 bits per heavy atom. The molecule has 0 aliphatic carbocycles. The normalized spacial score (nSPS) is 30.7. The van der Waals surface area contributed by atoms with Gasteiger partial charge in [0.1, 0.15) is 24.9 Å². The smallest absolute Gasteiger partial charge is 0.303 e. The van der Waals surface area contributed by atoms with E-state index in [9.17, 15) is 9.59 Å². The molecule has 0 aromatic rings. The molecule has 7 nitrogen and oxygen atoms in total. The Morgan fingerprint density at radius 2 is 1.79 bits per heavy atom. The van der Waals surface area contributed by atoms with Gasteiger partial charge in [0.15, 0.2) is 6.10 Å². The molecule has 1 aliphatic rings. The molecule has 1 heterocycles. The molecule has 4 atom stereocenters. The molecule has 0 spiro atoms. The summed E-state index contributed by atoms with van der Waals surface area (Å²) in [7, 11) is 3.03. The molecule has 1 fully saturated rings. The fourth-order valence-electron chi connectivity index (χ4n) is 2.00. The van der Waals surface area contributed by atoms with E-state index in [0.717, 1.165) is 0 Å². The summed E-state index contributed by atoms with van der Waals surface area (Å²) in [6.45, 7) is 2.88. The summed E-state index contributed by atoms with van der Waals surface area (Å²) < 4.78 is 26.2. The summed E-state index contributed by atoms with van der Waals surface area (Å²) in [5.41, 5.74) is 0. The zero-order chi connectivity index (χ0) is 14.4. The number of methoxy groups -OCH3 is 2. The molecule has 1 aliphatic heterocycles. The van der Waals surface area contributed by atoms with Crippen LogP contribution in [0.1, 0.15) is 13.8 Å². The molecule has 110 valence electrons. The Kier molecular flexibility index (Phi) is 6.20. The zero-order valence-electron chi connectivity index (χ0n) is 11.6. The summed E-state index contributed by atoms with van der Waals surface area (Å²) >= 11 is 0. The van der Waals surface area contributed by atoms with E-state index in [4.69, 9.17) is 23.7 Å². The van der Waals surface area contributed by atoms with Gasteiger partial charge in [-0.2, -0.15) is 0 Å².